The van der Waals surface area contributed by atoms with Crippen molar-refractivity contribution in [3.8, 4) is 0 Å². The summed E-state index contributed by atoms with van der Waals surface area (Å²) in [6.45, 7) is 0.747. The Morgan fingerprint density at radius 2 is 2.29 bits per heavy atom. The van der Waals surface area contributed by atoms with Crippen LogP contribution in [0.25, 0.3) is 0 Å². The number of H-pyrrole nitrogens is 1. The smallest absolute Gasteiger partial charge is 0.131 e. The van der Waals surface area contributed by atoms with Crippen molar-refractivity contribution < 1.29 is 0 Å². The predicted octanol–water partition coefficient (Wildman–Crippen LogP) is 2.68. The Morgan fingerprint density at radius 1 is 1.36 bits per heavy atom. The Kier molecular flexibility index (Phi) is 2.70. The normalized spacial score (nSPS) is 10.1. The van der Waals surface area contributed by atoms with Gasteiger partial charge in [-0.25, -0.2) is 4.98 Å². The molecule has 0 saturated carbocycles. The van der Waals surface area contributed by atoms with Gasteiger partial charge in [0.2, 0.25) is 0 Å². The van der Waals surface area contributed by atoms with Gasteiger partial charge in [-0.3, -0.25) is 0 Å². The van der Waals surface area contributed by atoms with Gasteiger partial charge in [-0.1, -0.05) is 17.7 Å². The van der Waals surface area contributed by atoms with Crippen LogP contribution in [0, 0.1) is 0 Å². The van der Waals surface area contributed by atoms with Crippen LogP contribution in [0.3, 0.4) is 0 Å². The summed E-state index contributed by atoms with van der Waals surface area (Å²) in [5, 5.41) is 3.68. The van der Waals surface area contributed by atoms with Crippen LogP contribution in [0.1, 0.15) is 5.56 Å². The summed E-state index contributed by atoms with van der Waals surface area (Å²) in [6.07, 6.45) is 3.83. The summed E-state index contributed by atoms with van der Waals surface area (Å²) < 4.78 is 0. The largest absolute Gasteiger partial charge is 0.367 e. The molecule has 2 heterocycles. The van der Waals surface area contributed by atoms with Crippen LogP contribution in [0.5, 0.6) is 0 Å². The second kappa shape index (κ2) is 4.15. The third-order valence-electron chi connectivity index (χ3n) is 1.85. The minimum Gasteiger partial charge on any atom is -0.367 e. The van der Waals surface area contributed by atoms with E-state index in [1.165, 1.54) is 5.56 Å². The van der Waals surface area contributed by atoms with Crippen molar-refractivity contribution in [2.45, 2.75) is 6.54 Å². The molecule has 2 N–H and O–H groups in total. The Morgan fingerprint density at radius 3 is 3.00 bits per heavy atom. The van der Waals surface area contributed by atoms with Gasteiger partial charge < -0.3 is 10.3 Å². The first-order valence-corrected chi connectivity index (χ1v) is 4.70. The maximum Gasteiger partial charge on any atom is 0.131 e. The van der Waals surface area contributed by atoms with E-state index in [1.807, 2.05) is 30.6 Å². The molecule has 2 aromatic rings. The lowest BCUT2D eigenvalue weighted by atomic mass is 10.3. The zero-order chi connectivity index (χ0) is 9.80. The fourth-order valence-electron chi connectivity index (χ4n) is 1.17. The molecule has 0 unspecified atom stereocenters. The molecule has 0 aliphatic carbocycles. The van der Waals surface area contributed by atoms with Gasteiger partial charge in [0.15, 0.2) is 0 Å². The van der Waals surface area contributed by atoms with Crippen molar-refractivity contribution in [3.05, 3.63) is 47.4 Å². The highest BCUT2D eigenvalue weighted by Crippen LogP contribution is 2.10. The number of anilines is 1. The molecule has 0 spiro atoms. The quantitative estimate of drug-likeness (QED) is 0.760. The fourth-order valence-corrected chi connectivity index (χ4v) is 1.33. The molecule has 0 bridgehead atoms. The van der Waals surface area contributed by atoms with E-state index in [0.29, 0.717) is 5.15 Å². The van der Waals surface area contributed by atoms with E-state index in [4.69, 9.17) is 11.6 Å². The molecule has 2 rings (SSSR count). The third-order valence-corrected chi connectivity index (χ3v) is 2.06. The molecule has 2 aromatic heterocycles. The topological polar surface area (TPSA) is 40.7 Å². The minimum atomic E-state index is 0.504. The first-order chi connectivity index (χ1) is 6.84. The van der Waals surface area contributed by atoms with Gasteiger partial charge in [-0.05, 0) is 23.8 Å². The molecule has 3 nitrogen and oxygen atoms in total. The summed E-state index contributed by atoms with van der Waals surface area (Å²) in [7, 11) is 0. The van der Waals surface area contributed by atoms with Crippen LogP contribution in [-0.4, -0.2) is 9.97 Å². The lowest BCUT2D eigenvalue weighted by Gasteiger charge is -2.03. The van der Waals surface area contributed by atoms with E-state index in [-0.39, 0.29) is 0 Å². The van der Waals surface area contributed by atoms with Crippen molar-refractivity contribution >= 4 is 17.4 Å². The van der Waals surface area contributed by atoms with E-state index in [0.717, 1.165) is 12.4 Å². The third kappa shape index (κ3) is 2.26. The molecule has 4 heteroatoms. The summed E-state index contributed by atoms with van der Waals surface area (Å²) in [4.78, 5) is 7.11. The maximum absolute atomic E-state index is 5.75. The summed E-state index contributed by atoms with van der Waals surface area (Å²) >= 11 is 5.75. The van der Waals surface area contributed by atoms with Crippen molar-refractivity contribution in [1.29, 1.82) is 0 Å². The van der Waals surface area contributed by atoms with Crippen molar-refractivity contribution in [2.24, 2.45) is 0 Å². The minimum absolute atomic E-state index is 0.504. The standard InChI is InChI=1S/C10H10ClN3/c11-9-2-1-3-10(14-9)13-7-8-4-5-12-6-8/h1-6,12H,7H2,(H,13,14). The molecule has 14 heavy (non-hydrogen) atoms. The SMILES string of the molecule is Clc1cccc(NCc2cc[nH]c2)n1. The van der Waals surface area contributed by atoms with E-state index >= 15 is 0 Å². The molecule has 0 aliphatic heterocycles. The second-order valence-corrected chi connectivity index (χ2v) is 3.31. The predicted molar refractivity (Wildman–Crippen MR) is 57.4 cm³/mol. The molecule has 0 aromatic carbocycles. The molecule has 0 atom stereocenters. The van der Waals surface area contributed by atoms with Gasteiger partial charge in [0, 0.05) is 18.9 Å². The highest BCUT2D eigenvalue weighted by atomic mass is 35.5. The lowest BCUT2D eigenvalue weighted by Crippen LogP contribution is -1.99. The van der Waals surface area contributed by atoms with Crippen LogP contribution >= 0.6 is 11.6 Å². The number of hydrogen-bond acceptors (Lipinski definition) is 2. The highest BCUT2D eigenvalue weighted by Gasteiger charge is 1.95. The van der Waals surface area contributed by atoms with E-state index < -0.39 is 0 Å². The molecular weight excluding hydrogens is 198 g/mol. The number of aromatic amines is 1. The number of nitrogens with zero attached hydrogens (tertiary/aromatic N) is 1. The number of nitrogens with one attached hydrogen (secondary N) is 2. The average molecular weight is 208 g/mol. The van der Waals surface area contributed by atoms with Gasteiger partial charge in [-0.15, -0.1) is 0 Å². The van der Waals surface area contributed by atoms with Gasteiger partial charge in [-0.2, -0.15) is 0 Å². The highest BCUT2D eigenvalue weighted by molar-refractivity contribution is 6.29. The van der Waals surface area contributed by atoms with Crippen molar-refractivity contribution in [2.75, 3.05) is 5.32 Å². The van der Waals surface area contributed by atoms with Crippen LogP contribution < -0.4 is 5.32 Å². The second-order valence-electron chi connectivity index (χ2n) is 2.92. The van der Waals surface area contributed by atoms with Crippen LogP contribution in [0.15, 0.2) is 36.7 Å². The average Bonchev–Trinajstić information content (AvgIpc) is 2.67. The maximum atomic E-state index is 5.75. The first kappa shape index (κ1) is 9.09. The molecule has 0 fully saturated rings. The van der Waals surface area contributed by atoms with Gasteiger partial charge in [0.25, 0.3) is 0 Å². The summed E-state index contributed by atoms with van der Waals surface area (Å²) in [5.41, 5.74) is 1.19. The Balaban J connectivity index is 1.98. The number of rotatable bonds is 3. The van der Waals surface area contributed by atoms with Gasteiger partial charge in [0.1, 0.15) is 11.0 Å². The van der Waals surface area contributed by atoms with E-state index in [9.17, 15) is 0 Å². The Bertz CT molecular complexity index is 398. The molecule has 0 radical (unpaired) electrons. The zero-order valence-electron chi connectivity index (χ0n) is 7.50. The fraction of sp³-hybridized carbons (Fsp3) is 0.100. The summed E-state index contributed by atoms with van der Waals surface area (Å²) in [6, 6.07) is 7.52. The number of hydrogen-bond donors (Lipinski definition) is 2. The van der Waals surface area contributed by atoms with Crippen LogP contribution in [0.2, 0.25) is 5.15 Å². The zero-order valence-corrected chi connectivity index (χ0v) is 8.25. The van der Waals surface area contributed by atoms with E-state index in [2.05, 4.69) is 15.3 Å². The van der Waals surface area contributed by atoms with Gasteiger partial charge in [0.05, 0.1) is 0 Å². The molecular formula is C10H10ClN3. The molecule has 0 aliphatic rings. The Hall–Kier alpha value is -1.48. The van der Waals surface area contributed by atoms with Gasteiger partial charge >= 0.3 is 0 Å². The first-order valence-electron chi connectivity index (χ1n) is 4.33. The number of aromatic nitrogens is 2. The summed E-state index contributed by atoms with van der Waals surface area (Å²) in [5.74, 6) is 0.790. The van der Waals surface area contributed by atoms with E-state index in [1.54, 1.807) is 6.07 Å². The van der Waals surface area contributed by atoms with Crippen molar-refractivity contribution in [3.63, 3.8) is 0 Å². The monoisotopic (exact) mass is 207 g/mol. The number of halogens is 1. The molecule has 0 amide bonds. The molecule has 72 valence electrons. The van der Waals surface area contributed by atoms with Crippen molar-refractivity contribution in [1.82, 2.24) is 9.97 Å². The number of pyridine rings is 1. The van der Waals surface area contributed by atoms with Crippen LogP contribution in [0.4, 0.5) is 5.82 Å². The lowest BCUT2D eigenvalue weighted by molar-refractivity contribution is 1.11. The Labute approximate surface area is 87.1 Å². The van der Waals surface area contributed by atoms with Crippen LogP contribution in [-0.2, 0) is 6.54 Å². The molecule has 0 saturated heterocycles.